The first-order valence-electron chi connectivity index (χ1n) is 4.77. The van der Waals surface area contributed by atoms with Crippen molar-refractivity contribution in [3.8, 4) is 0 Å². The van der Waals surface area contributed by atoms with Gasteiger partial charge in [0.25, 0.3) is 0 Å². The maximum absolute atomic E-state index is 8.88. The molecule has 1 aliphatic carbocycles. The lowest BCUT2D eigenvalue weighted by molar-refractivity contribution is 0.0545. The molecule has 0 bridgehead atoms. The highest BCUT2D eigenvalue weighted by molar-refractivity contribution is 5.03. The smallest absolute Gasteiger partial charge is 0.0784 e. The molecular weight excluding hydrogens is 154 g/mol. The van der Waals surface area contributed by atoms with E-state index in [-0.39, 0.29) is 18.2 Å². The number of ether oxygens (including phenoxy) is 1. The van der Waals surface area contributed by atoms with Gasteiger partial charge in [-0.05, 0) is 31.6 Å². The highest BCUT2D eigenvalue weighted by atomic mass is 16.5. The number of aliphatic hydroxyl groups excluding tert-OH is 1. The molecule has 2 unspecified atom stereocenters. The van der Waals surface area contributed by atoms with E-state index in [9.17, 15) is 0 Å². The van der Waals surface area contributed by atoms with Gasteiger partial charge in [-0.15, -0.1) is 0 Å². The van der Waals surface area contributed by atoms with Crippen LogP contribution in [0.1, 0.15) is 25.7 Å². The molecule has 3 nitrogen and oxygen atoms in total. The summed E-state index contributed by atoms with van der Waals surface area (Å²) in [4.78, 5) is 0. The third kappa shape index (κ3) is 1.37. The Hall–Kier alpha value is -0.120. The van der Waals surface area contributed by atoms with Crippen LogP contribution in [-0.2, 0) is 4.74 Å². The molecule has 0 amide bonds. The highest BCUT2D eigenvalue weighted by Crippen LogP contribution is 2.43. The van der Waals surface area contributed by atoms with Crippen molar-refractivity contribution < 1.29 is 9.84 Å². The monoisotopic (exact) mass is 171 g/mol. The van der Waals surface area contributed by atoms with E-state index in [4.69, 9.17) is 15.6 Å². The second-order valence-electron chi connectivity index (χ2n) is 4.09. The fraction of sp³-hybridized carbons (Fsp3) is 1.00. The molecule has 0 spiro atoms. The summed E-state index contributed by atoms with van der Waals surface area (Å²) >= 11 is 0. The van der Waals surface area contributed by atoms with Gasteiger partial charge in [-0.2, -0.15) is 0 Å². The zero-order chi connectivity index (χ0) is 8.60. The van der Waals surface area contributed by atoms with Gasteiger partial charge < -0.3 is 15.6 Å². The minimum Gasteiger partial charge on any atom is -0.396 e. The summed E-state index contributed by atoms with van der Waals surface area (Å²) in [5.41, 5.74) is 5.94. The molecule has 12 heavy (non-hydrogen) atoms. The summed E-state index contributed by atoms with van der Waals surface area (Å²) in [6, 6.07) is 0. The number of nitrogens with two attached hydrogens (primary N) is 1. The Bertz CT molecular complexity index is 170. The average molecular weight is 171 g/mol. The van der Waals surface area contributed by atoms with Crippen molar-refractivity contribution in [1.29, 1.82) is 0 Å². The predicted molar refractivity (Wildman–Crippen MR) is 45.7 cm³/mol. The zero-order valence-corrected chi connectivity index (χ0v) is 7.33. The lowest BCUT2D eigenvalue weighted by Gasteiger charge is -2.29. The molecule has 3 N–H and O–H groups in total. The van der Waals surface area contributed by atoms with Crippen molar-refractivity contribution in [2.24, 2.45) is 11.7 Å². The highest BCUT2D eigenvalue weighted by Gasteiger charge is 2.48. The number of rotatable bonds is 3. The van der Waals surface area contributed by atoms with E-state index >= 15 is 0 Å². The summed E-state index contributed by atoms with van der Waals surface area (Å²) < 4.78 is 5.61. The molecule has 0 radical (unpaired) electrons. The molecule has 0 aromatic rings. The van der Waals surface area contributed by atoms with Crippen molar-refractivity contribution in [2.75, 3.05) is 13.2 Å². The van der Waals surface area contributed by atoms with Gasteiger partial charge >= 0.3 is 0 Å². The normalized spacial score (nSPS) is 42.0. The second kappa shape index (κ2) is 2.98. The number of hydrogen-bond donors (Lipinski definition) is 2. The third-order valence-corrected chi connectivity index (χ3v) is 3.06. The Morgan fingerprint density at radius 3 is 2.83 bits per heavy atom. The summed E-state index contributed by atoms with van der Waals surface area (Å²) in [6.45, 7) is 0.959. The zero-order valence-electron chi connectivity index (χ0n) is 7.33. The number of aliphatic hydroxyl groups is 1. The maximum atomic E-state index is 8.88. The van der Waals surface area contributed by atoms with Crippen LogP contribution in [0.2, 0.25) is 0 Å². The predicted octanol–water partition coefficient (Wildman–Crippen LogP) is 0.265. The lowest BCUT2D eigenvalue weighted by Crippen LogP contribution is -2.49. The van der Waals surface area contributed by atoms with Crippen LogP contribution < -0.4 is 5.73 Å². The standard InChI is InChI=1S/C9H17NO2/c10-9(3-5-11)4-6-12-8(9)7-1-2-7/h7-8,11H,1-6,10H2. The molecule has 2 aliphatic rings. The molecule has 1 aliphatic heterocycles. The Morgan fingerprint density at radius 2 is 2.25 bits per heavy atom. The Balaban J connectivity index is 2.00. The van der Waals surface area contributed by atoms with Gasteiger partial charge in [-0.1, -0.05) is 0 Å². The van der Waals surface area contributed by atoms with Gasteiger partial charge in [0.15, 0.2) is 0 Å². The van der Waals surface area contributed by atoms with E-state index < -0.39 is 0 Å². The van der Waals surface area contributed by atoms with E-state index in [2.05, 4.69) is 0 Å². The summed E-state index contributed by atoms with van der Waals surface area (Å²) in [5, 5.41) is 8.88. The fourth-order valence-corrected chi connectivity index (χ4v) is 2.16. The first-order chi connectivity index (χ1) is 5.76. The Labute approximate surface area is 72.9 Å². The summed E-state index contributed by atoms with van der Waals surface area (Å²) in [6.07, 6.45) is 4.34. The molecule has 2 fully saturated rings. The molecule has 0 aromatic carbocycles. The quantitative estimate of drug-likeness (QED) is 0.640. The molecule has 1 heterocycles. The van der Waals surface area contributed by atoms with Crippen LogP contribution >= 0.6 is 0 Å². The van der Waals surface area contributed by atoms with Gasteiger partial charge in [0, 0.05) is 18.8 Å². The van der Waals surface area contributed by atoms with Crippen LogP contribution in [0.5, 0.6) is 0 Å². The van der Waals surface area contributed by atoms with Crippen LogP contribution in [0, 0.1) is 5.92 Å². The Kier molecular flexibility index (Phi) is 2.10. The van der Waals surface area contributed by atoms with Crippen LogP contribution in [-0.4, -0.2) is 30.0 Å². The first-order valence-corrected chi connectivity index (χ1v) is 4.77. The van der Waals surface area contributed by atoms with Crippen LogP contribution in [0.25, 0.3) is 0 Å². The fourth-order valence-electron chi connectivity index (χ4n) is 2.16. The van der Waals surface area contributed by atoms with E-state index in [1.165, 1.54) is 12.8 Å². The molecule has 1 saturated heterocycles. The third-order valence-electron chi connectivity index (χ3n) is 3.06. The molecular formula is C9H17NO2. The lowest BCUT2D eigenvalue weighted by atomic mass is 9.86. The van der Waals surface area contributed by atoms with Crippen molar-refractivity contribution in [3.63, 3.8) is 0 Å². The van der Waals surface area contributed by atoms with Crippen LogP contribution in [0.4, 0.5) is 0 Å². The van der Waals surface area contributed by atoms with Gasteiger partial charge in [0.2, 0.25) is 0 Å². The molecule has 0 aromatic heterocycles. The minimum absolute atomic E-state index is 0.184. The number of hydrogen-bond acceptors (Lipinski definition) is 3. The minimum atomic E-state index is -0.226. The molecule has 2 rings (SSSR count). The maximum Gasteiger partial charge on any atom is 0.0784 e. The first kappa shape index (κ1) is 8.48. The van der Waals surface area contributed by atoms with Gasteiger partial charge in [-0.25, -0.2) is 0 Å². The van der Waals surface area contributed by atoms with Crippen molar-refractivity contribution in [1.82, 2.24) is 0 Å². The SMILES string of the molecule is NC1(CCO)CCOC1C1CC1. The van der Waals surface area contributed by atoms with Gasteiger partial charge in [-0.3, -0.25) is 0 Å². The van der Waals surface area contributed by atoms with E-state index in [0.29, 0.717) is 12.3 Å². The largest absolute Gasteiger partial charge is 0.396 e. The van der Waals surface area contributed by atoms with Crippen molar-refractivity contribution >= 4 is 0 Å². The average Bonchev–Trinajstić information content (AvgIpc) is 2.77. The van der Waals surface area contributed by atoms with Gasteiger partial charge in [0.1, 0.15) is 0 Å². The summed E-state index contributed by atoms with van der Waals surface area (Å²) in [7, 11) is 0. The molecule has 2 atom stereocenters. The van der Waals surface area contributed by atoms with E-state index in [0.717, 1.165) is 13.0 Å². The van der Waals surface area contributed by atoms with Crippen LogP contribution in [0.15, 0.2) is 0 Å². The summed E-state index contributed by atoms with van der Waals surface area (Å²) in [5.74, 6) is 0.684. The van der Waals surface area contributed by atoms with E-state index in [1.807, 2.05) is 0 Å². The second-order valence-corrected chi connectivity index (χ2v) is 4.09. The van der Waals surface area contributed by atoms with Gasteiger partial charge in [0.05, 0.1) is 6.10 Å². The van der Waals surface area contributed by atoms with Crippen molar-refractivity contribution in [3.05, 3.63) is 0 Å². The topological polar surface area (TPSA) is 55.5 Å². The van der Waals surface area contributed by atoms with E-state index in [1.54, 1.807) is 0 Å². The van der Waals surface area contributed by atoms with Crippen molar-refractivity contribution in [2.45, 2.75) is 37.3 Å². The molecule has 70 valence electrons. The molecule has 3 heteroatoms. The Morgan fingerprint density at radius 1 is 1.50 bits per heavy atom. The van der Waals surface area contributed by atoms with Crippen LogP contribution in [0.3, 0.4) is 0 Å². The molecule has 1 saturated carbocycles.